The molecule has 0 bridgehead atoms. The smallest absolute Gasteiger partial charge is 0.326 e. The lowest BCUT2D eigenvalue weighted by Crippen LogP contribution is -2.43. The van der Waals surface area contributed by atoms with Gasteiger partial charge >= 0.3 is 5.97 Å². The molecule has 0 rings (SSSR count). The third kappa shape index (κ3) is 15.4. The first-order chi connectivity index (χ1) is 13.0. The number of hydrogen-bond donors (Lipinski definition) is 2. The van der Waals surface area contributed by atoms with Crippen molar-refractivity contribution in [3.8, 4) is 0 Å². The van der Waals surface area contributed by atoms with E-state index in [1.165, 1.54) is 51.4 Å². The van der Waals surface area contributed by atoms with E-state index in [-0.39, 0.29) is 6.42 Å². The summed E-state index contributed by atoms with van der Waals surface area (Å²) in [5.41, 5.74) is 0. The lowest BCUT2D eigenvalue weighted by Gasteiger charge is -2.13. The molecule has 0 unspecified atom stereocenters. The van der Waals surface area contributed by atoms with E-state index in [9.17, 15) is 14.4 Å². The van der Waals surface area contributed by atoms with Crippen molar-refractivity contribution >= 4 is 17.7 Å². The minimum absolute atomic E-state index is 0.212. The van der Waals surface area contributed by atoms with Gasteiger partial charge in [0.1, 0.15) is 6.04 Å². The van der Waals surface area contributed by atoms with Crippen molar-refractivity contribution < 1.29 is 19.5 Å². The molecule has 0 heterocycles. The second-order valence-electron chi connectivity index (χ2n) is 7.57. The minimum atomic E-state index is -1.07. The zero-order chi connectivity index (χ0) is 20.3. The predicted octanol–water partition coefficient (Wildman–Crippen LogP) is 5.41. The number of carboxylic acid groups (broad SMARTS) is 1. The summed E-state index contributed by atoms with van der Waals surface area (Å²) >= 11 is 0. The maximum absolute atomic E-state index is 11.9. The van der Waals surface area contributed by atoms with Gasteiger partial charge in [-0.1, -0.05) is 97.3 Å². The van der Waals surface area contributed by atoms with Crippen LogP contribution in [0.25, 0.3) is 0 Å². The van der Waals surface area contributed by atoms with Crippen LogP contribution in [-0.2, 0) is 14.4 Å². The van der Waals surface area contributed by atoms with E-state index in [0.29, 0.717) is 12.8 Å². The number of unbranched alkanes of at least 4 members (excludes halogenated alkanes) is 12. The highest BCUT2D eigenvalue weighted by molar-refractivity contribution is 6.36. The van der Waals surface area contributed by atoms with E-state index in [1.807, 2.05) is 6.92 Å². The molecule has 1 amide bonds. The Bertz CT molecular complexity index is 409. The highest BCUT2D eigenvalue weighted by Gasteiger charge is 2.22. The number of carbonyl (C=O) groups excluding carboxylic acids is 2. The number of carbonyl (C=O) groups is 3. The Labute approximate surface area is 165 Å². The summed E-state index contributed by atoms with van der Waals surface area (Å²) in [5, 5.41) is 11.5. The summed E-state index contributed by atoms with van der Waals surface area (Å²) in [7, 11) is 0. The third-order valence-corrected chi connectivity index (χ3v) is 4.96. The molecule has 158 valence electrons. The van der Waals surface area contributed by atoms with Gasteiger partial charge in [-0.25, -0.2) is 4.79 Å². The van der Waals surface area contributed by atoms with E-state index in [4.69, 9.17) is 5.11 Å². The third-order valence-electron chi connectivity index (χ3n) is 4.96. The zero-order valence-electron chi connectivity index (χ0n) is 17.6. The number of Topliss-reactive ketones (excluding diaryl/α,β-unsaturated/α-hetero) is 1. The highest BCUT2D eigenvalue weighted by atomic mass is 16.4. The van der Waals surface area contributed by atoms with Crippen molar-refractivity contribution in [2.75, 3.05) is 0 Å². The number of amides is 1. The van der Waals surface area contributed by atoms with Crippen molar-refractivity contribution in [3.05, 3.63) is 0 Å². The Morgan fingerprint density at radius 3 is 1.63 bits per heavy atom. The van der Waals surface area contributed by atoms with Crippen molar-refractivity contribution in [2.24, 2.45) is 0 Å². The zero-order valence-corrected chi connectivity index (χ0v) is 17.6. The van der Waals surface area contributed by atoms with Crippen molar-refractivity contribution in [3.63, 3.8) is 0 Å². The summed E-state index contributed by atoms with van der Waals surface area (Å²) in [5.74, 6) is -2.31. The molecule has 2 N–H and O–H groups in total. The van der Waals surface area contributed by atoms with Crippen molar-refractivity contribution in [2.45, 2.75) is 123 Å². The molecule has 5 heteroatoms. The molecule has 0 spiro atoms. The maximum atomic E-state index is 11.9. The Kier molecular flexibility index (Phi) is 17.1. The Balaban J connectivity index is 3.72. The minimum Gasteiger partial charge on any atom is -0.480 e. The van der Waals surface area contributed by atoms with E-state index in [1.54, 1.807) is 0 Å². The van der Waals surface area contributed by atoms with E-state index in [0.717, 1.165) is 32.1 Å². The monoisotopic (exact) mass is 383 g/mol. The van der Waals surface area contributed by atoms with Crippen LogP contribution < -0.4 is 5.32 Å². The number of nitrogens with one attached hydrogen (secondary N) is 1. The van der Waals surface area contributed by atoms with Gasteiger partial charge < -0.3 is 10.4 Å². The highest BCUT2D eigenvalue weighted by Crippen LogP contribution is 2.12. The molecular weight excluding hydrogens is 342 g/mol. The molecule has 0 aliphatic carbocycles. The van der Waals surface area contributed by atoms with E-state index >= 15 is 0 Å². The molecule has 0 saturated heterocycles. The molecule has 5 nitrogen and oxygen atoms in total. The van der Waals surface area contributed by atoms with Crippen LogP contribution in [-0.4, -0.2) is 28.8 Å². The quantitative estimate of drug-likeness (QED) is 0.231. The van der Waals surface area contributed by atoms with Crippen LogP contribution in [0.4, 0.5) is 0 Å². The number of aliphatic carboxylic acids is 1. The van der Waals surface area contributed by atoms with Crippen molar-refractivity contribution in [1.29, 1.82) is 0 Å². The SMILES string of the molecule is CCCCCCCCCCCCCC(=O)C(=O)N[C@@H](CCCCC)C(=O)O. The first kappa shape index (κ1) is 25.6. The van der Waals surface area contributed by atoms with Gasteiger partial charge in [0.05, 0.1) is 0 Å². The van der Waals surface area contributed by atoms with E-state index < -0.39 is 23.7 Å². The number of hydrogen-bond acceptors (Lipinski definition) is 3. The summed E-state index contributed by atoms with van der Waals surface area (Å²) in [6.45, 7) is 4.26. The van der Waals surface area contributed by atoms with Gasteiger partial charge in [-0.2, -0.15) is 0 Å². The van der Waals surface area contributed by atoms with Gasteiger partial charge in [-0.3, -0.25) is 9.59 Å². The summed E-state index contributed by atoms with van der Waals surface area (Å²) in [4.78, 5) is 35.0. The van der Waals surface area contributed by atoms with Crippen LogP contribution in [0, 0.1) is 0 Å². The van der Waals surface area contributed by atoms with Crippen LogP contribution in [0.3, 0.4) is 0 Å². The van der Waals surface area contributed by atoms with Crippen LogP contribution in [0.1, 0.15) is 117 Å². The Morgan fingerprint density at radius 2 is 1.15 bits per heavy atom. The van der Waals surface area contributed by atoms with Gasteiger partial charge in [0.2, 0.25) is 5.78 Å². The van der Waals surface area contributed by atoms with Crippen molar-refractivity contribution in [1.82, 2.24) is 5.32 Å². The van der Waals surface area contributed by atoms with Gasteiger partial charge in [0.15, 0.2) is 0 Å². The molecular formula is C22H41NO4. The first-order valence-electron chi connectivity index (χ1n) is 11.1. The standard InChI is InChI=1S/C22H41NO4/c1-3-5-7-8-9-10-11-12-13-14-16-18-20(24)21(25)23-19(22(26)27)17-15-6-4-2/h19H,3-18H2,1-2H3,(H,23,25)(H,26,27)/t19-/m0/s1. The Morgan fingerprint density at radius 1 is 0.704 bits per heavy atom. The van der Waals surface area contributed by atoms with Gasteiger partial charge in [0.25, 0.3) is 5.91 Å². The number of rotatable bonds is 19. The molecule has 0 fully saturated rings. The fraction of sp³-hybridized carbons (Fsp3) is 0.864. The van der Waals surface area contributed by atoms with E-state index in [2.05, 4.69) is 12.2 Å². The molecule has 0 aromatic rings. The normalized spacial score (nSPS) is 11.9. The average Bonchev–Trinajstić information content (AvgIpc) is 2.64. The molecule has 0 aromatic heterocycles. The van der Waals surface area contributed by atoms with Crippen LogP contribution >= 0.6 is 0 Å². The maximum Gasteiger partial charge on any atom is 0.326 e. The second kappa shape index (κ2) is 18.0. The number of carboxylic acids is 1. The van der Waals surface area contributed by atoms with Crippen LogP contribution in [0.15, 0.2) is 0 Å². The van der Waals surface area contributed by atoms with Gasteiger partial charge in [-0.15, -0.1) is 0 Å². The summed E-state index contributed by atoms with van der Waals surface area (Å²) < 4.78 is 0. The topological polar surface area (TPSA) is 83.5 Å². The molecule has 0 aliphatic heterocycles. The Hall–Kier alpha value is -1.39. The molecule has 0 radical (unpaired) electrons. The first-order valence-corrected chi connectivity index (χ1v) is 11.1. The van der Waals surface area contributed by atoms with Crippen LogP contribution in [0.5, 0.6) is 0 Å². The van der Waals surface area contributed by atoms with Crippen LogP contribution in [0.2, 0.25) is 0 Å². The molecule has 0 aliphatic rings. The molecule has 0 saturated carbocycles. The molecule has 0 aromatic carbocycles. The fourth-order valence-corrected chi connectivity index (χ4v) is 3.16. The lowest BCUT2D eigenvalue weighted by molar-refractivity contribution is -0.144. The summed E-state index contributed by atoms with van der Waals surface area (Å²) in [6.07, 6.45) is 16.3. The van der Waals surface area contributed by atoms with Gasteiger partial charge in [0, 0.05) is 6.42 Å². The predicted molar refractivity (Wildman–Crippen MR) is 110 cm³/mol. The second-order valence-corrected chi connectivity index (χ2v) is 7.57. The molecule has 1 atom stereocenters. The number of ketones is 1. The average molecular weight is 384 g/mol. The largest absolute Gasteiger partial charge is 0.480 e. The fourth-order valence-electron chi connectivity index (χ4n) is 3.16. The summed E-state index contributed by atoms with van der Waals surface area (Å²) in [6, 6.07) is -0.953. The lowest BCUT2D eigenvalue weighted by atomic mass is 10.0. The van der Waals surface area contributed by atoms with Gasteiger partial charge in [-0.05, 0) is 12.8 Å². The molecule has 27 heavy (non-hydrogen) atoms.